The maximum absolute atomic E-state index is 13.4. The second-order valence-electron chi connectivity index (χ2n) is 11.0. The van der Waals surface area contributed by atoms with E-state index in [4.69, 9.17) is 9.72 Å². The van der Waals surface area contributed by atoms with Gasteiger partial charge in [-0.05, 0) is 49.8 Å². The third-order valence-corrected chi connectivity index (χ3v) is 8.78. The van der Waals surface area contributed by atoms with Crippen LogP contribution in [0.5, 0.6) is 0 Å². The van der Waals surface area contributed by atoms with Crippen LogP contribution in [0.15, 0.2) is 30.1 Å². The number of fused-ring (bicyclic) bond motifs is 1. The Morgan fingerprint density at radius 3 is 2.61 bits per heavy atom. The zero-order valence-electron chi connectivity index (χ0n) is 21.5. The number of ether oxygens (including phenoxy) is 1. The molecule has 0 radical (unpaired) electrons. The Bertz CT molecular complexity index is 1290. The van der Waals surface area contributed by atoms with Crippen molar-refractivity contribution in [1.82, 2.24) is 24.5 Å². The number of carbonyl (C=O) groups excluding carboxylic acids is 1. The Hall–Kier alpha value is -2.79. The Morgan fingerprint density at radius 2 is 1.94 bits per heavy atom. The summed E-state index contributed by atoms with van der Waals surface area (Å²) in [6.07, 6.45) is 5.35. The monoisotopic (exact) mass is 516 g/mol. The van der Waals surface area contributed by atoms with E-state index in [1.165, 1.54) is 17.6 Å². The van der Waals surface area contributed by atoms with Crippen molar-refractivity contribution in [2.45, 2.75) is 64.5 Å². The topological polar surface area (TPSA) is 109 Å². The van der Waals surface area contributed by atoms with Gasteiger partial charge in [0, 0.05) is 44.5 Å². The summed E-state index contributed by atoms with van der Waals surface area (Å²) in [6.45, 7) is 8.91. The molecule has 1 aromatic heterocycles. The largest absolute Gasteiger partial charge is 0.381 e. The van der Waals surface area contributed by atoms with Crippen molar-refractivity contribution in [3.63, 3.8) is 0 Å². The maximum Gasteiger partial charge on any atom is 0.327 e. The number of benzene rings is 1. The predicted octanol–water partition coefficient (Wildman–Crippen LogP) is 2.42. The number of carbonyl (C=O) groups is 1. The molecule has 11 heteroatoms. The van der Waals surface area contributed by atoms with E-state index >= 15 is 0 Å². The number of nitrogens with zero attached hydrogens (tertiary/aromatic N) is 4. The van der Waals surface area contributed by atoms with Crippen molar-refractivity contribution in [3.8, 4) is 0 Å². The lowest BCUT2D eigenvalue weighted by Crippen LogP contribution is -2.40. The van der Waals surface area contributed by atoms with Crippen molar-refractivity contribution >= 4 is 32.8 Å². The van der Waals surface area contributed by atoms with Gasteiger partial charge in [-0.25, -0.2) is 9.29 Å². The van der Waals surface area contributed by atoms with Gasteiger partial charge in [0.05, 0.1) is 16.7 Å². The van der Waals surface area contributed by atoms with Gasteiger partial charge in [-0.1, -0.05) is 20.8 Å². The third-order valence-electron chi connectivity index (χ3n) is 7.05. The van der Waals surface area contributed by atoms with Crippen LogP contribution in [0, 0.1) is 5.92 Å². The highest BCUT2D eigenvalue weighted by Gasteiger charge is 2.33. The van der Waals surface area contributed by atoms with Crippen LogP contribution in [0.2, 0.25) is 0 Å². The molecule has 1 amide bonds. The van der Waals surface area contributed by atoms with E-state index in [1.54, 1.807) is 0 Å². The second kappa shape index (κ2) is 9.26. The Labute approximate surface area is 212 Å². The molecule has 1 saturated carbocycles. The van der Waals surface area contributed by atoms with Crippen molar-refractivity contribution in [2.75, 3.05) is 31.2 Å². The van der Waals surface area contributed by atoms with Crippen molar-refractivity contribution in [3.05, 3.63) is 35.9 Å². The van der Waals surface area contributed by atoms with Gasteiger partial charge >= 0.3 is 10.2 Å². The van der Waals surface area contributed by atoms with Crippen molar-refractivity contribution in [2.24, 2.45) is 5.92 Å². The molecule has 36 heavy (non-hydrogen) atoms. The number of rotatable bonds is 7. The lowest BCUT2D eigenvalue weighted by atomic mass is 9.94. The first-order valence-electron chi connectivity index (χ1n) is 12.6. The number of hydrogen-bond acceptors (Lipinski definition) is 6. The van der Waals surface area contributed by atoms with Crippen LogP contribution in [0.3, 0.4) is 0 Å². The van der Waals surface area contributed by atoms with Crippen LogP contribution in [0.4, 0.5) is 5.69 Å². The fourth-order valence-electron chi connectivity index (χ4n) is 4.73. The van der Waals surface area contributed by atoms with E-state index in [0.29, 0.717) is 11.6 Å². The normalized spacial score (nSPS) is 19.3. The summed E-state index contributed by atoms with van der Waals surface area (Å²) in [5.41, 5.74) is 2.39. The molecule has 2 N–H and O–H groups in total. The first-order valence-corrected chi connectivity index (χ1v) is 14.0. The number of nitrogens with one attached hydrogen (secondary N) is 2. The molecule has 0 atom stereocenters. The van der Waals surface area contributed by atoms with E-state index in [9.17, 15) is 13.2 Å². The van der Waals surface area contributed by atoms with Gasteiger partial charge in [-0.3, -0.25) is 9.10 Å². The third kappa shape index (κ3) is 4.90. The number of aromatic nitrogens is 2. The van der Waals surface area contributed by atoms with Crippen LogP contribution in [0.1, 0.15) is 52.3 Å². The average molecular weight is 517 g/mol. The predicted molar refractivity (Wildman–Crippen MR) is 138 cm³/mol. The highest BCUT2D eigenvalue weighted by Crippen LogP contribution is 2.32. The molecule has 0 bridgehead atoms. The van der Waals surface area contributed by atoms with Crippen LogP contribution in [-0.4, -0.2) is 61.2 Å². The molecule has 0 unspecified atom stereocenters. The molecule has 10 nitrogen and oxygen atoms in total. The van der Waals surface area contributed by atoms with Crippen LogP contribution < -0.4 is 14.9 Å². The summed E-state index contributed by atoms with van der Waals surface area (Å²) >= 11 is 0. The van der Waals surface area contributed by atoms with Crippen LogP contribution in [0.25, 0.3) is 11.0 Å². The maximum atomic E-state index is 13.4. The van der Waals surface area contributed by atoms with E-state index in [-0.39, 0.29) is 29.7 Å². The molecular formula is C25H36N6O4S. The summed E-state index contributed by atoms with van der Waals surface area (Å²) in [4.78, 5) is 17.3. The van der Waals surface area contributed by atoms with E-state index in [2.05, 4.69) is 36.0 Å². The zero-order chi connectivity index (χ0) is 25.7. The van der Waals surface area contributed by atoms with Crippen molar-refractivity contribution in [1.29, 1.82) is 0 Å². The number of amides is 1. The molecule has 1 aromatic carbocycles. The second-order valence-corrected chi connectivity index (χ2v) is 12.9. The Balaban J connectivity index is 1.41. The summed E-state index contributed by atoms with van der Waals surface area (Å²) in [6, 6.07) is 5.81. The molecule has 196 valence electrons. The highest BCUT2D eigenvalue weighted by atomic mass is 32.2. The Kier molecular flexibility index (Phi) is 6.40. The molecule has 1 saturated heterocycles. The van der Waals surface area contributed by atoms with Gasteiger partial charge in [0.25, 0.3) is 5.91 Å². The highest BCUT2D eigenvalue weighted by molar-refractivity contribution is 7.90. The first-order chi connectivity index (χ1) is 17.0. The first kappa shape index (κ1) is 24.9. The van der Waals surface area contributed by atoms with E-state index < -0.39 is 10.2 Å². The number of anilines is 1. The van der Waals surface area contributed by atoms with Gasteiger partial charge < -0.3 is 19.9 Å². The average Bonchev–Trinajstić information content (AvgIpc) is 3.36. The number of imidazole rings is 1. The molecule has 3 heterocycles. The van der Waals surface area contributed by atoms with E-state index in [1.807, 2.05) is 18.2 Å². The van der Waals surface area contributed by atoms with Gasteiger partial charge in [-0.2, -0.15) is 8.42 Å². The summed E-state index contributed by atoms with van der Waals surface area (Å²) in [7, 11) is -2.37. The molecule has 0 spiro atoms. The van der Waals surface area contributed by atoms with Gasteiger partial charge in [0.15, 0.2) is 0 Å². The quantitative estimate of drug-likeness (QED) is 0.585. The Morgan fingerprint density at radius 1 is 1.22 bits per heavy atom. The zero-order valence-corrected chi connectivity index (χ0v) is 22.3. The number of hydrogen-bond donors (Lipinski definition) is 2. The summed E-state index contributed by atoms with van der Waals surface area (Å²) in [5.74, 6) is 1.24. The van der Waals surface area contributed by atoms with Crippen LogP contribution in [-0.2, 0) is 31.7 Å². The fraction of sp³-hybridized carbons (Fsp3) is 0.600. The molecule has 2 aliphatic heterocycles. The summed E-state index contributed by atoms with van der Waals surface area (Å²) in [5, 5.41) is 5.77. The van der Waals surface area contributed by atoms with E-state index in [0.717, 1.165) is 66.6 Å². The van der Waals surface area contributed by atoms with Gasteiger partial charge in [0.1, 0.15) is 18.2 Å². The van der Waals surface area contributed by atoms with Crippen LogP contribution >= 0.6 is 0 Å². The SMILES string of the molecule is CN(c1ccc2c(c1)nc(C(C)(C)C)n2CC1CCOCC1)S(=O)(=O)N1C=C(C(=O)NC2CC2)NC1. The lowest BCUT2D eigenvalue weighted by molar-refractivity contribution is -0.117. The summed E-state index contributed by atoms with van der Waals surface area (Å²) < 4.78 is 37.0. The minimum Gasteiger partial charge on any atom is -0.381 e. The molecule has 2 aromatic rings. The standard InChI is InChI=1S/C25H36N6O4S/c1-25(2,3)24-28-20-13-19(7-8-22(20)31(24)14-17-9-11-35-12-10-17)29(4)36(33,34)30-15-21(26-16-30)23(32)27-18-5-6-18/h7-8,13,15,17-18,26H,5-6,9-12,14,16H2,1-4H3,(H,27,32). The molecule has 3 aliphatic rings. The molecular weight excluding hydrogens is 480 g/mol. The van der Waals surface area contributed by atoms with Gasteiger partial charge in [0.2, 0.25) is 0 Å². The smallest absolute Gasteiger partial charge is 0.327 e. The van der Waals surface area contributed by atoms with Crippen molar-refractivity contribution < 1.29 is 17.9 Å². The van der Waals surface area contributed by atoms with Gasteiger partial charge in [-0.15, -0.1) is 0 Å². The lowest BCUT2D eigenvalue weighted by Gasteiger charge is -2.26. The minimum absolute atomic E-state index is 0.0102. The molecule has 2 fully saturated rings. The molecule has 1 aliphatic carbocycles. The minimum atomic E-state index is -3.89. The molecule has 5 rings (SSSR count). The fourth-order valence-corrected chi connectivity index (χ4v) is 5.89.